The number of carbonyl (C=O) groups excluding carboxylic acids is 2. The molecule has 2 fully saturated rings. The zero-order valence-electron chi connectivity index (χ0n) is 22.8. The monoisotopic (exact) mass is 558 g/mol. The van der Waals surface area contributed by atoms with E-state index >= 15 is 0 Å². The van der Waals surface area contributed by atoms with Crippen LogP contribution in [-0.2, 0) is 11.0 Å². The van der Waals surface area contributed by atoms with Gasteiger partial charge in [0.05, 0.1) is 41.4 Å². The molecule has 1 aromatic carbocycles. The molecule has 0 radical (unpaired) electrons. The molecule has 0 unspecified atom stereocenters. The number of aromatic nitrogens is 2. The fourth-order valence-electron chi connectivity index (χ4n) is 6.19. The maximum atomic E-state index is 14.4. The number of carboxylic acids is 1. The molecule has 2 aliphatic carbocycles. The summed E-state index contributed by atoms with van der Waals surface area (Å²) < 4.78 is 44.1. The first-order valence-corrected chi connectivity index (χ1v) is 13.3. The molecule has 0 saturated heterocycles. The number of amides is 1. The lowest BCUT2D eigenvalue weighted by atomic mass is 9.64. The third-order valence-electron chi connectivity index (χ3n) is 8.35. The first-order valence-electron chi connectivity index (χ1n) is 13.3. The lowest BCUT2D eigenvalue weighted by Crippen LogP contribution is -2.45. The van der Waals surface area contributed by atoms with Crippen LogP contribution in [0.15, 0.2) is 30.5 Å². The number of carboxylic acid groups (broad SMARTS) is 1. The van der Waals surface area contributed by atoms with Gasteiger partial charge in [0.25, 0.3) is 5.91 Å². The number of rotatable bonds is 8. The Hall–Kier alpha value is -3.68. The highest BCUT2D eigenvalue weighted by molar-refractivity contribution is 6.03. The number of alkyl halides is 3. The van der Waals surface area contributed by atoms with Crippen molar-refractivity contribution in [2.75, 3.05) is 13.1 Å². The van der Waals surface area contributed by atoms with Crippen molar-refractivity contribution in [3.8, 4) is 6.07 Å². The molecule has 2 aromatic rings. The van der Waals surface area contributed by atoms with Crippen LogP contribution in [0.1, 0.15) is 97.3 Å². The molecule has 2 aliphatic rings. The van der Waals surface area contributed by atoms with Crippen LogP contribution in [-0.4, -0.2) is 50.5 Å². The Morgan fingerprint density at radius 3 is 2.30 bits per heavy atom. The Bertz CT molecular complexity index is 1340. The second-order valence-electron chi connectivity index (χ2n) is 12.2. The highest BCUT2D eigenvalue weighted by Gasteiger charge is 2.46. The van der Waals surface area contributed by atoms with Gasteiger partial charge in [-0.25, -0.2) is 0 Å². The molecule has 1 heterocycles. The van der Waals surface area contributed by atoms with Gasteiger partial charge in [0.1, 0.15) is 0 Å². The van der Waals surface area contributed by atoms with E-state index in [1.54, 1.807) is 19.1 Å². The molecular formula is C29H33F3N4O4. The number of ketones is 1. The van der Waals surface area contributed by atoms with E-state index in [1.165, 1.54) is 12.1 Å². The van der Waals surface area contributed by atoms with Gasteiger partial charge in [-0.2, -0.15) is 23.5 Å². The third-order valence-corrected chi connectivity index (χ3v) is 8.35. The number of nitriles is 1. The van der Waals surface area contributed by atoms with E-state index in [0.717, 1.165) is 28.6 Å². The predicted molar refractivity (Wildman–Crippen MR) is 138 cm³/mol. The maximum Gasteiger partial charge on any atom is 0.433 e. The first-order chi connectivity index (χ1) is 18.6. The topological polar surface area (TPSA) is 116 Å². The van der Waals surface area contributed by atoms with Gasteiger partial charge in [-0.1, -0.05) is 32.0 Å². The van der Waals surface area contributed by atoms with Gasteiger partial charge in [-0.3, -0.25) is 19.1 Å². The van der Waals surface area contributed by atoms with E-state index in [4.69, 9.17) is 0 Å². The normalized spacial score (nSPS) is 22.7. The standard InChI is InChI=1S/C29H33F3N4O4/c1-27(2)12-18(13-27)16-35(17-23(37)21-7-5-4-6-19(21)14-33)25(38)22-15-34-36(24(22)29(30,31)32)20-8-10-28(3,11-9-20)26(39)40/h4-7,15,18,20H,8-13,16-17H2,1-3H3,(H,39,40). The molecule has 0 aliphatic heterocycles. The maximum absolute atomic E-state index is 14.4. The Labute approximate surface area is 230 Å². The second-order valence-corrected chi connectivity index (χ2v) is 12.2. The molecule has 1 amide bonds. The fraction of sp³-hybridized carbons (Fsp3) is 0.552. The molecule has 1 N–H and O–H groups in total. The smallest absolute Gasteiger partial charge is 0.433 e. The zero-order valence-corrected chi connectivity index (χ0v) is 22.8. The van der Waals surface area contributed by atoms with Gasteiger partial charge < -0.3 is 10.0 Å². The van der Waals surface area contributed by atoms with Crippen molar-refractivity contribution in [2.24, 2.45) is 16.7 Å². The van der Waals surface area contributed by atoms with Crippen LogP contribution in [0.25, 0.3) is 0 Å². The quantitative estimate of drug-likeness (QED) is 0.413. The Morgan fingerprint density at radius 1 is 1.12 bits per heavy atom. The van der Waals surface area contributed by atoms with Gasteiger partial charge in [0, 0.05) is 12.1 Å². The summed E-state index contributed by atoms with van der Waals surface area (Å²) in [7, 11) is 0. The summed E-state index contributed by atoms with van der Waals surface area (Å²) in [6.45, 7) is 5.34. The summed E-state index contributed by atoms with van der Waals surface area (Å²) in [4.78, 5) is 39.7. The van der Waals surface area contributed by atoms with Crippen LogP contribution in [0.3, 0.4) is 0 Å². The molecule has 0 spiro atoms. The number of hydrogen-bond donors (Lipinski definition) is 1. The lowest BCUT2D eigenvalue weighted by molar-refractivity contribution is -0.152. The van der Waals surface area contributed by atoms with E-state index < -0.39 is 53.1 Å². The number of hydrogen-bond acceptors (Lipinski definition) is 5. The van der Waals surface area contributed by atoms with E-state index in [9.17, 15) is 37.9 Å². The summed E-state index contributed by atoms with van der Waals surface area (Å²) >= 11 is 0. The Kier molecular flexibility index (Phi) is 7.85. The number of aliphatic carboxylic acids is 1. The summed E-state index contributed by atoms with van der Waals surface area (Å²) in [5, 5.41) is 22.9. The minimum Gasteiger partial charge on any atom is -0.481 e. The third kappa shape index (κ3) is 5.91. The van der Waals surface area contributed by atoms with Gasteiger partial charge in [0.15, 0.2) is 11.5 Å². The molecule has 4 rings (SSSR count). The number of benzene rings is 1. The summed E-state index contributed by atoms with van der Waals surface area (Å²) in [6, 6.07) is 7.35. The van der Waals surface area contributed by atoms with Crippen LogP contribution < -0.4 is 0 Å². The van der Waals surface area contributed by atoms with Crippen molar-refractivity contribution in [2.45, 2.75) is 71.5 Å². The molecule has 0 bridgehead atoms. The molecular weight excluding hydrogens is 525 g/mol. The van der Waals surface area contributed by atoms with Crippen molar-refractivity contribution in [1.82, 2.24) is 14.7 Å². The van der Waals surface area contributed by atoms with Crippen LogP contribution in [0.2, 0.25) is 0 Å². The van der Waals surface area contributed by atoms with Crippen LogP contribution in [0.4, 0.5) is 13.2 Å². The van der Waals surface area contributed by atoms with Crippen molar-refractivity contribution < 1.29 is 32.7 Å². The van der Waals surface area contributed by atoms with E-state index in [1.807, 2.05) is 6.07 Å². The fourth-order valence-corrected chi connectivity index (χ4v) is 6.19. The average molecular weight is 559 g/mol. The average Bonchev–Trinajstić information content (AvgIpc) is 3.33. The molecule has 11 heteroatoms. The van der Waals surface area contributed by atoms with Crippen LogP contribution >= 0.6 is 0 Å². The molecule has 40 heavy (non-hydrogen) atoms. The van der Waals surface area contributed by atoms with Gasteiger partial charge in [0.2, 0.25) is 0 Å². The van der Waals surface area contributed by atoms with E-state index in [2.05, 4.69) is 18.9 Å². The van der Waals surface area contributed by atoms with Crippen molar-refractivity contribution in [3.05, 3.63) is 52.8 Å². The van der Waals surface area contributed by atoms with Crippen LogP contribution in [0.5, 0.6) is 0 Å². The lowest BCUT2D eigenvalue weighted by Gasteiger charge is -2.44. The SMILES string of the molecule is CC1(C)CC(CN(CC(=O)c2ccccc2C#N)C(=O)c2cnn(C3CCC(C)(C(=O)O)CC3)c2C(F)(F)F)C1. The van der Waals surface area contributed by atoms with Gasteiger partial charge in [-0.05, 0) is 62.8 Å². The second kappa shape index (κ2) is 10.7. The highest BCUT2D eigenvalue weighted by atomic mass is 19.4. The highest BCUT2D eigenvalue weighted by Crippen LogP contribution is 2.46. The summed E-state index contributed by atoms with van der Waals surface area (Å²) in [6.07, 6.45) is -1.77. The number of halogens is 3. The van der Waals surface area contributed by atoms with Gasteiger partial charge >= 0.3 is 12.1 Å². The molecule has 0 atom stereocenters. The summed E-state index contributed by atoms with van der Waals surface area (Å²) in [5.74, 6) is -2.45. The number of carbonyl (C=O) groups is 3. The van der Waals surface area contributed by atoms with Crippen molar-refractivity contribution in [3.63, 3.8) is 0 Å². The Balaban J connectivity index is 1.65. The minimum atomic E-state index is -4.91. The van der Waals surface area contributed by atoms with Crippen LogP contribution in [0, 0.1) is 28.1 Å². The minimum absolute atomic E-state index is 0.0226. The van der Waals surface area contributed by atoms with Gasteiger partial charge in [-0.15, -0.1) is 0 Å². The van der Waals surface area contributed by atoms with Crippen molar-refractivity contribution in [1.29, 1.82) is 5.26 Å². The summed E-state index contributed by atoms with van der Waals surface area (Å²) in [5.41, 5.74) is -2.58. The first kappa shape index (κ1) is 29.3. The van der Waals surface area contributed by atoms with Crippen molar-refractivity contribution >= 4 is 17.7 Å². The molecule has 2 saturated carbocycles. The van der Waals surface area contributed by atoms with E-state index in [-0.39, 0.29) is 54.7 Å². The molecule has 8 nitrogen and oxygen atoms in total. The predicted octanol–water partition coefficient (Wildman–Crippen LogP) is 5.74. The number of Topliss-reactive ketones (excluding diaryl/α,β-unsaturated/α-hetero) is 1. The zero-order chi connectivity index (χ0) is 29.5. The molecule has 1 aromatic heterocycles. The Morgan fingerprint density at radius 2 is 1.75 bits per heavy atom. The number of nitrogens with zero attached hydrogens (tertiary/aromatic N) is 4. The van der Waals surface area contributed by atoms with E-state index in [0.29, 0.717) is 0 Å². The molecule has 214 valence electrons. The largest absolute Gasteiger partial charge is 0.481 e.